The lowest BCUT2D eigenvalue weighted by Gasteiger charge is -2.71. The molecule has 0 unspecified atom stereocenters. The van der Waals surface area contributed by atoms with Crippen molar-refractivity contribution in [3.63, 3.8) is 0 Å². The molecule has 8 heteroatoms. The largest absolute Gasteiger partial charge is 0.481 e. The summed E-state index contributed by atoms with van der Waals surface area (Å²) in [6.45, 7) is 0.505. The summed E-state index contributed by atoms with van der Waals surface area (Å²) in [4.78, 5) is 23.7. The highest BCUT2D eigenvalue weighted by atomic mass is 16.7. The van der Waals surface area contributed by atoms with Crippen molar-refractivity contribution in [2.24, 2.45) is 71.0 Å². The van der Waals surface area contributed by atoms with Gasteiger partial charge >= 0.3 is 11.9 Å². The smallest absolute Gasteiger partial charge is 0.303 e. The lowest BCUT2D eigenvalue weighted by atomic mass is 9.33. The zero-order valence-corrected chi connectivity index (χ0v) is 25.7. The Kier molecular flexibility index (Phi) is 6.65. The van der Waals surface area contributed by atoms with Crippen molar-refractivity contribution in [3.05, 3.63) is 71.8 Å². The number of hydrogen-bond acceptors (Lipinski definition) is 6. The molecule has 2 heterocycles. The van der Waals surface area contributed by atoms with Crippen LogP contribution < -0.4 is 18.9 Å². The van der Waals surface area contributed by atoms with E-state index in [1.165, 1.54) is 11.1 Å². The molecule has 0 aromatic heterocycles. The van der Waals surface area contributed by atoms with Gasteiger partial charge in [-0.3, -0.25) is 9.59 Å². The SMILES string of the molecule is O=C(O)CCC[C@H]1[C@H](Cc2ccc3c(c2)OCO3)[C@@H]2[C@H]3C=C[C@H]([C@@H]4[C@H]3C=C[C@H]3[C@@H](Cc5ccc6c(c5)OCO6)[C@H](CC(=O)O)[C@H]34)[C@H]12. The van der Waals surface area contributed by atoms with Gasteiger partial charge in [-0.1, -0.05) is 36.4 Å². The van der Waals surface area contributed by atoms with E-state index in [-0.39, 0.29) is 38.3 Å². The minimum atomic E-state index is -0.729. The van der Waals surface area contributed by atoms with Gasteiger partial charge in [0, 0.05) is 12.8 Å². The molecule has 0 saturated heterocycles. The van der Waals surface area contributed by atoms with Crippen LogP contribution in [0.4, 0.5) is 0 Å². The van der Waals surface area contributed by atoms with Crippen LogP contribution in [0.5, 0.6) is 23.0 Å². The van der Waals surface area contributed by atoms with Crippen LogP contribution >= 0.6 is 0 Å². The van der Waals surface area contributed by atoms with Crippen molar-refractivity contribution in [3.8, 4) is 23.0 Å². The Hall–Kier alpha value is -3.94. The monoisotopic (exact) mass is 624 g/mol. The molecule has 12 atom stereocenters. The van der Waals surface area contributed by atoms with Crippen LogP contribution in [0.15, 0.2) is 60.7 Å². The van der Waals surface area contributed by atoms with Gasteiger partial charge in [0.1, 0.15) is 0 Å². The van der Waals surface area contributed by atoms with Crippen LogP contribution in [0.2, 0.25) is 0 Å². The van der Waals surface area contributed by atoms with E-state index < -0.39 is 11.9 Å². The van der Waals surface area contributed by atoms with Crippen LogP contribution in [-0.2, 0) is 22.4 Å². The first-order valence-electron chi connectivity index (χ1n) is 17.0. The summed E-state index contributed by atoms with van der Waals surface area (Å²) in [7, 11) is 0. The van der Waals surface area contributed by atoms with Gasteiger partial charge in [-0.25, -0.2) is 0 Å². The van der Waals surface area contributed by atoms with Gasteiger partial charge in [-0.2, -0.15) is 0 Å². The molecular weight excluding hydrogens is 584 g/mol. The van der Waals surface area contributed by atoms with E-state index in [0.29, 0.717) is 65.6 Å². The van der Waals surface area contributed by atoms with E-state index in [1.54, 1.807) is 0 Å². The number of fused-ring (bicyclic) bond motifs is 3. The number of carbonyl (C=O) groups is 2. The summed E-state index contributed by atoms with van der Waals surface area (Å²) in [5.41, 5.74) is 2.43. The number of allylic oxidation sites excluding steroid dienone is 4. The highest BCUT2D eigenvalue weighted by Gasteiger charge is 2.67. The summed E-state index contributed by atoms with van der Waals surface area (Å²) in [5.74, 6) is 6.60. The first-order chi connectivity index (χ1) is 22.4. The number of hydrogen-bond donors (Lipinski definition) is 2. The Morgan fingerprint density at radius 2 is 1.13 bits per heavy atom. The van der Waals surface area contributed by atoms with Crippen molar-refractivity contribution >= 4 is 11.9 Å². The molecule has 0 spiro atoms. The number of rotatable bonds is 10. The maximum atomic E-state index is 12.3. The molecule has 6 aliphatic carbocycles. The quantitative estimate of drug-likeness (QED) is 0.299. The fraction of sp³-hybridized carbons (Fsp3) is 0.526. The van der Waals surface area contributed by atoms with Crippen molar-refractivity contribution in [2.45, 2.75) is 38.5 Å². The second-order valence-electron chi connectivity index (χ2n) is 14.7. The molecule has 46 heavy (non-hydrogen) atoms. The standard InChI is InChI=1S/C38H40O8/c39-33(40)3-1-2-21-27(13-20-5-11-30-32(15-20)46-18-44-30)37-23-8-9-25(35(21)37)36-22(23)6-7-24-26(28(38(24)36)16-34(41)42)12-19-4-10-29-31(14-19)45-17-43-29/h4-11,14-15,21-28,35-38H,1-3,12-13,16-18H2,(H,39,40)(H,41,42)/t21-,22-,23-,24-,25-,26+,27-,28-,35-,36-,37-,38-/m0/s1. The van der Waals surface area contributed by atoms with Crippen molar-refractivity contribution < 1.29 is 38.7 Å². The lowest BCUT2D eigenvalue weighted by molar-refractivity contribution is -0.192. The average Bonchev–Trinajstić information content (AvgIpc) is 3.71. The fourth-order valence-electron chi connectivity index (χ4n) is 11.4. The first-order valence-corrected chi connectivity index (χ1v) is 17.0. The van der Waals surface area contributed by atoms with E-state index in [9.17, 15) is 19.8 Å². The number of benzene rings is 2. The van der Waals surface area contributed by atoms with Gasteiger partial charge in [-0.05, 0) is 132 Å². The van der Waals surface area contributed by atoms with Crippen LogP contribution in [0.25, 0.3) is 0 Å². The Labute approximate surface area is 268 Å². The molecule has 0 amide bonds. The minimum Gasteiger partial charge on any atom is -0.481 e. The van der Waals surface area contributed by atoms with E-state index in [0.717, 1.165) is 42.3 Å². The Morgan fingerprint density at radius 3 is 1.78 bits per heavy atom. The van der Waals surface area contributed by atoms with E-state index in [4.69, 9.17) is 18.9 Å². The average molecular weight is 625 g/mol. The van der Waals surface area contributed by atoms with Crippen molar-refractivity contribution in [1.29, 1.82) is 0 Å². The molecule has 3 fully saturated rings. The molecule has 8 nitrogen and oxygen atoms in total. The fourth-order valence-corrected chi connectivity index (χ4v) is 11.4. The highest BCUT2D eigenvalue weighted by molar-refractivity contribution is 5.67. The number of ether oxygens (including phenoxy) is 4. The number of aliphatic carboxylic acids is 2. The molecule has 240 valence electrons. The number of carboxylic acids is 2. The number of carboxylic acid groups (broad SMARTS) is 2. The van der Waals surface area contributed by atoms with E-state index >= 15 is 0 Å². The van der Waals surface area contributed by atoms with Gasteiger partial charge in [0.05, 0.1) is 0 Å². The molecule has 0 radical (unpaired) electrons. The first kappa shape index (κ1) is 28.3. The van der Waals surface area contributed by atoms with Crippen LogP contribution in [0.1, 0.15) is 36.8 Å². The zero-order valence-electron chi connectivity index (χ0n) is 25.7. The molecule has 2 bridgehead atoms. The molecule has 8 aliphatic rings. The molecular formula is C38H40O8. The van der Waals surface area contributed by atoms with E-state index in [2.05, 4.69) is 48.6 Å². The summed E-state index contributed by atoms with van der Waals surface area (Å²) < 4.78 is 22.4. The predicted molar refractivity (Wildman–Crippen MR) is 166 cm³/mol. The summed E-state index contributed by atoms with van der Waals surface area (Å²) >= 11 is 0. The molecule has 2 aliphatic heterocycles. The van der Waals surface area contributed by atoms with E-state index in [1.807, 2.05) is 12.1 Å². The maximum absolute atomic E-state index is 12.3. The highest BCUT2D eigenvalue weighted by Crippen LogP contribution is 2.71. The Bertz CT molecular complexity index is 1630. The molecule has 2 N–H and O–H groups in total. The van der Waals surface area contributed by atoms with Gasteiger partial charge in [0.15, 0.2) is 23.0 Å². The third-order valence-corrected chi connectivity index (χ3v) is 12.9. The topological polar surface area (TPSA) is 112 Å². The molecule has 10 rings (SSSR count). The van der Waals surface area contributed by atoms with Crippen molar-refractivity contribution in [2.75, 3.05) is 13.6 Å². The normalized spacial score (nSPS) is 37.9. The minimum absolute atomic E-state index is 0.131. The summed E-state index contributed by atoms with van der Waals surface area (Å²) in [6, 6.07) is 12.4. The molecule has 2 aromatic rings. The third-order valence-electron chi connectivity index (χ3n) is 12.9. The Balaban J connectivity index is 1.000. The molecule has 3 saturated carbocycles. The van der Waals surface area contributed by atoms with Crippen LogP contribution in [0.3, 0.4) is 0 Å². The van der Waals surface area contributed by atoms with Gasteiger partial charge in [-0.15, -0.1) is 0 Å². The zero-order chi connectivity index (χ0) is 31.1. The summed E-state index contributed by atoms with van der Waals surface area (Å²) in [6.07, 6.45) is 13.7. The molecule has 2 aromatic carbocycles. The lowest BCUT2D eigenvalue weighted by Crippen LogP contribution is -2.67. The second-order valence-corrected chi connectivity index (χ2v) is 14.7. The van der Waals surface area contributed by atoms with Crippen LogP contribution in [-0.4, -0.2) is 35.7 Å². The Morgan fingerprint density at radius 1 is 0.587 bits per heavy atom. The second kappa shape index (κ2) is 10.8. The summed E-state index contributed by atoms with van der Waals surface area (Å²) in [5, 5.41) is 19.5. The maximum Gasteiger partial charge on any atom is 0.303 e. The van der Waals surface area contributed by atoms with Gasteiger partial charge in [0.2, 0.25) is 13.6 Å². The van der Waals surface area contributed by atoms with Gasteiger partial charge in [0.25, 0.3) is 0 Å². The predicted octanol–water partition coefficient (Wildman–Crippen LogP) is 6.23. The third kappa shape index (κ3) is 4.39. The van der Waals surface area contributed by atoms with Crippen molar-refractivity contribution in [1.82, 2.24) is 0 Å². The van der Waals surface area contributed by atoms with Gasteiger partial charge < -0.3 is 29.2 Å². The van der Waals surface area contributed by atoms with Crippen LogP contribution in [0, 0.1) is 71.0 Å².